The number of carbonyl (C=O) groups is 2. The van der Waals surface area contributed by atoms with Gasteiger partial charge in [0.1, 0.15) is 0 Å². The largest absolute Gasteiger partial charge is 0.478 e. The summed E-state index contributed by atoms with van der Waals surface area (Å²) in [6.45, 7) is 0. The minimum atomic E-state index is -1.11. The second-order valence-electron chi connectivity index (χ2n) is 4.18. The highest BCUT2D eigenvalue weighted by molar-refractivity contribution is 6.33. The molecule has 1 amide bonds. The molecule has 2 aromatic rings. The number of hydrogen-bond donors (Lipinski definition) is 3. The molecule has 0 radical (unpaired) electrons. The Bertz CT molecular complexity index is 732. The van der Waals surface area contributed by atoms with Crippen LogP contribution in [0.3, 0.4) is 0 Å². The van der Waals surface area contributed by atoms with Gasteiger partial charge in [0.05, 0.1) is 21.8 Å². The van der Waals surface area contributed by atoms with Gasteiger partial charge in [-0.3, -0.25) is 4.79 Å². The molecule has 2 aromatic carbocycles. The van der Waals surface area contributed by atoms with Crippen molar-refractivity contribution in [3.63, 3.8) is 0 Å². The van der Waals surface area contributed by atoms with Crippen LogP contribution in [0.5, 0.6) is 0 Å². The van der Waals surface area contributed by atoms with E-state index in [-0.39, 0.29) is 16.1 Å². The fourth-order valence-corrected chi connectivity index (χ4v) is 2.18. The molecule has 0 saturated carbocycles. The van der Waals surface area contributed by atoms with Crippen LogP contribution >= 0.6 is 23.2 Å². The Hall–Kier alpha value is -2.24. The predicted octanol–water partition coefficient (Wildman–Crippen LogP) is 3.53. The normalized spacial score (nSPS) is 10.2. The molecule has 0 saturated heterocycles. The van der Waals surface area contributed by atoms with Gasteiger partial charge in [0.25, 0.3) is 5.91 Å². The van der Waals surface area contributed by atoms with Crippen LogP contribution in [-0.2, 0) is 0 Å². The summed E-state index contributed by atoms with van der Waals surface area (Å²) in [6.07, 6.45) is 0. The molecule has 2 rings (SSSR count). The Morgan fingerprint density at radius 1 is 1.05 bits per heavy atom. The molecule has 0 aliphatic heterocycles. The van der Waals surface area contributed by atoms with Gasteiger partial charge in [0.15, 0.2) is 0 Å². The summed E-state index contributed by atoms with van der Waals surface area (Å²) in [6, 6.07) is 9.00. The number of nitrogens with two attached hydrogens (primary N) is 1. The first-order valence-electron chi connectivity index (χ1n) is 5.77. The first kappa shape index (κ1) is 15.2. The summed E-state index contributed by atoms with van der Waals surface area (Å²) in [4.78, 5) is 22.3. The van der Waals surface area contributed by atoms with Gasteiger partial charge in [-0.05, 0) is 36.4 Å². The molecular formula is C14H10Cl2N2O3. The highest BCUT2D eigenvalue weighted by Crippen LogP contribution is 2.27. The van der Waals surface area contributed by atoms with E-state index in [9.17, 15) is 9.59 Å². The molecule has 21 heavy (non-hydrogen) atoms. The third-order valence-corrected chi connectivity index (χ3v) is 3.27. The molecule has 0 aromatic heterocycles. The molecule has 0 fully saturated rings. The maximum absolute atomic E-state index is 11.4. The maximum atomic E-state index is 11.4. The molecule has 5 nitrogen and oxygen atoms in total. The standard InChI is InChI=1S/C14H10Cl2N2O3/c15-7-1-4-12(10(5-7)13(17)19)18-8-2-3-9(14(20)21)11(16)6-8/h1-6,18H,(H2,17,19)(H,20,21). The van der Waals surface area contributed by atoms with Crippen LogP contribution in [0, 0.1) is 0 Å². The summed E-state index contributed by atoms with van der Waals surface area (Å²) in [5, 5.41) is 12.3. The average molecular weight is 325 g/mol. The number of carbonyl (C=O) groups excluding carboxylic acids is 1. The summed E-state index contributed by atoms with van der Waals surface area (Å²) in [7, 11) is 0. The van der Waals surface area contributed by atoms with Crippen LogP contribution in [0.4, 0.5) is 11.4 Å². The van der Waals surface area contributed by atoms with Crippen molar-refractivity contribution in [3.8, 4) is 0 Å². The third kappa shape index (κ3) is 3.45. The number of carboxylic acids is 1. The lowest BCUT2D eigenvalue weighted by atomic mass is 10.1. The number of primary amides is 1. The number of amides is 1. The zero-order chi connectivity index (χ0) is 15.6. The Morgan fingerprint density at radius 2 is 1.76 bits per heavy atom. The lowest BCUT2D eigenvalue weighted by Crippen LogP contribution is -2.13. The monoisotopic (exact) mass is 324 g/mol. The van der Waals surface area contributed by atoms with Gasteiger partial charge in [-0.2, -0.15) is 0 Å². The van der Waals surface area contributed by atoms with Crippen molar-refractivity contribution in [1.29, 1.82) is 0 Å². The predicted molar refractivity (Wildman–Crippen MR) is 81.7 cm³/mol. The lowest BCUT2D eigenvalue weighted by Gasteiger charge is -2.11. The smallest absolute Gasteiger partial charge is 0.337 e. The number of carboxylic acid groups (broad SMARTS) is 1. The zero-order valence-corrected chi connectivity index (χ0v) is 12.1. The Morgan fingerprint density at radius 3 is 2.33 bits per heavy atom. The molecular weight excluding hydrogens is 315 g/mol. The molecule has 0 aliphatic rings. The summed E-state index contributed by atoms with van der Waals surface area (Å²) in [5.74, 6) is -1.75. The van der Waals surface area contributed by atoms with Crippen molar-refractivity contribution < 1.29 is 14.7 Å². The molecule has 0 spiro atoms. The van der Waals surface area contributed by atoms with Gasteiger partial charge in [-0.15, -0.1) is 0 Å². The van der Waals surface area contributed by atoms with Gasteiger partial charge in [0, 0.05) is 10.7 Å². The van der Waals surface area contributed by atoms with E-state index in [1.807, 2.05) is 0 Å². The summed E-state index contributed by atoms with van der Waals surface area (Å²) < 4.78 is 0. The molecule has 0 bridgehead atoms. The molecule has 0 atom stereocenters. The van der Waals surface area contributed by atoms with Crippen LogP contribution < -0.4 is 11.1 Å². The molecule has 0 heterocycles. The highest BCUT2D eigenvalue weighted by atomic mass is 35.5. The number of rotatable bonds is 4. The van der Waals surface area contributed by atoms with E-state index in [4.69, 9.17) is 34.0 Å². The number of anilines is 2. The highest BCUT2D eigenvalue weighted by Gasteiger charge is 2.12. The van der Waals surface area contributed by atoms with E-state index in [1.165, 1.54) is 24.3 Å². The van der Waals surface area contributed by atoms with E-state index in [0.29, 0.717) is 16.4 Å². The van der Waals surface area contributed by atoms with Crippen molar-refractivity contribution >= 4 is 46.5 Å². The SMILES string of the molecule is NC(=O)c1cc(Cl)ccc1Nc1ccc(C(=O)O)c(Cl)c1. The second-order valence-corrected chi connectivity index (χ2v) is 5.02. The summed E-state index contributed by atoms with van der Waals surface area (Å²) in [5.41, 5.74) is 6.48. The molecule has 108 valence electrons. The number of aromatic carboxylic acids is 1. The molecule has 7 heteroatoms. The minimum absolute atomic E-state index is 0.00607. The van der Waals surface area contributed by atoms with Crippen molar-refractivity contribution in [1.82, 2.24) is 0 Å². The number of halogens is 2. The van der Waals surface area contributed by atoms with Gasteiger partial charge in [-0.1, -0.05) is 23.2 Å². The first-order chi connectivity index (χ1) is 9.88. The Kier molecular flexibility index (Phi) is 4.35. The minimum Gasteiger partial charge on any atom is -0.478 e. The lowest BCUT2D eigenvalue weighted by molar-refractivity contribution is 0.0697. The molecule has 4 N–H and O–H groups in total. The van der Waals surface area contributed by atoms with E-state index in [2.05, 4.69) is 5.32 Å². The van der Waals surface area contributed by atoms with Crippen LogP contribution in [0.1, 0.15) is 20.7 Å². The van der Waals surface area contributed by atoms with Crippen LogP contribution in [0.25, 0.3) is 0 Å². The van der Waals surface area contributed by atoms with Crippen molar-refractivity contribution in [2.45, 2.75) is 0 Å². The van der Waals surface area contributed by atoms with Crippen LogP contribution in [0.2, 0.25) is 10.0 Å². The van der Waals surface area contributed by atoms with Gasteiger partial charge >= 0.3 is 5.97 Å². The second kappa shape index (κ2) is 6.03. The zero-order valence-electron chi connectivity index (χ0n) is 10.6. The average Bonchev–Trinajstić information content (AvgIpc) is 2.40. The van der Waals surface area contributed by atoms with E-state index in [0.717, 1.165) is 0 Å². The molecule has 0 unspecified atom stereocenters. The van der Waals surface area contributed by atoms with Gasteiger partial charge in [0.2, 0.25) is 0 Å². The fourth-order valence-electron chi connectivity index (χ4n) is 1.75. The first-order valence-corrected chi connectivity index (χ1v) is 6.53. The fraction of sp³-hybridized carbons (Fsp3) is 0. The Labute approximate surface area is 130 Å². The van der Waals surface area contributed by atoms with Gasteiger partial charge < -0.3 is 16.2 Å². The van der Waals surface area contributed by atoms with Gasteiger partial charge in [-0.25, -0.2) is 4.79 Å². The van der Waals surface area contributed by atoms with Crippen molar-refractivity contribution in [2.75, 3.05) is 5.32 Å². The van der Waals surface area contributed by atoms with Crippen LogP contribution in [0.15, 0.2) is 36.4 Å². The summed E-state index contributed by atoms with van der Waals surface area (Å²) >= 11 is 11.7. The topological polar surface area (TPSA) is 92.4 Å². The Balaban J connectivity index is 2.37. The number of hydrogen-bond acceptors (Lipinski definition) is 3. The van der Waals surface area contributed by atoms with E-state index in [1.54, 1.807) is 12.1 Å². The van der Waals surface area contributed by atoms with Crippen LogP contribution in [-0.4, -0.2) is 17.0 Å². The third-order valence-electron chi connectivity index (χ3n) is 2.73. The molecule has 0 aliphatic carbocycles. The number of benzene rings is 2. The van der Waals surface area contributed by atoms with E-state index < -0.39 is 11.9 Å². The van der Waals surface area contributed by atoms with Crippen molar-refractivity contribution in [2.24, 2.45) is 5.73 Å². The van der Waals surface area contributed by atoms with E-state index >= 15 is 0 Å². The maximum Gasteiger partial charge on any atom is 0.337 e. The van der Waals surface area contributed by atoms with Crippen molar-refractivity contribution in [3.05, 3.63) is 57.6 Å². The number of nitrogens with one attached hydrogen (secondary N) is 1. The quantitative estimate of drug-likeness (QED) is 0.802.